The first-order chi connectivity index (χ1) is 8.79. The Bertz CT molecular complexity index is 481. The molecule has 1 amide bonds. The van der Waals surface area contributed by atoms with Gasteiger partial charge in [-0.15, -0.1) is 11.3 Å². The summed E-state index contributed by atoms with van der Waals surface area (Å²) in [6.07, 6.45) is 0.146. The number of carbonyl (C=O) groups is 1. The van der Waals surface area contributed by atoms with Gasteiger partial charge in [0.2, 0.25) is 0 Å². The maximum atomic E-state index is 12.1. The molecule has 6 heteroatoms. The van der Waals surface area contributed by atoms with E-state index in [4.69, 9.17) is 9.47 Å². The fraction of sp³-hybridized carbons (Fsp3) is 0.615. The first kappa shape index (κ1) is 14.8. The zero-order valence-electron chi connectivity index (χ0n) is 11.5. The molecule has 106 valence electrons. The standard InChI is InChI=1S/C13H18BrNO3S/c1-13(2,3)18-12(16)15(4)11-10-8(14)7-19-9(10)5-6-17-11/h7,11H,5-6H2,1-4H3/t11-/m1/s1. The summed E-state index contributed by atoms with van der Waals surface area (Å²) in [5.74, 6) is 0. The van der Waals surface area contributed by atoms with Crippen molar-refractivity contribution in [2.45, 2.75) is 39.0 Å². The molecule has 0 aromatic carbocycles. The second-order valence-corrected chi connectivity index (χ2v) is 7.30. The van der Waals surface area contributed by atoms with Crippen molar-refractivity contribution < 1.29 is 14.3 Å². The fourth-order valence-corrected chi connectivity index (χ4v) is 3.67. The maximum Gasteiger partial charge on any atom is 0.412 e. The Morgan fingerprint density at radius 2 is 2.26 bits per heavy atom. The zero-order chi connectivity index (χ0) is 14.2. The number of nitrogens with zero attached hydrogens (tertiary/aromatic N) is 1. The molecule has 2 heterocycles. The van der Waals surface area contributed by atoms with Crippen molar-refractivity contribution in [3.8, 4) is 0 Å². The van der Waals surface area contributed by atoms with Gasteiger partial charge >= 0.3 is 6.09 Å². The molecule has 0 saturated heterocycles. The molecule has 0 spiro atoms. The Kier molecular flexibility index (Phi) is 4.23. The van der Waals surface area contributed by atoms with E-state index < -0.39 is 5.60 Å². The lowest BCUT2D eigenvalue weighted by Crippen LogP contribution is -2.39. The van der Waals surface area contributed by atoms with Crippen molar-refractivity contribution in [1.29, 1.82) is 0 Å². The molecule has 4 nitrogen and oxygen atoms in total. The lowest BCUT2D eigenvalue weighted by Gasteiger charge is -2.33. The number of ether oxygens (including phenoxy) is 2. The molecule has 0 aliphatic carbocycles. The van der Waals surface area contributed by atoms with Crippen LogP contribution in [0.15, 0.2) is 9.85 Å². The molecule has 1 atom stereocenters. The van der Waals surface area contributed by atoms with Gasteiger partial charge in [0.15, 0.2) is 6.23 Å². The molecule has 1 aromatic rings. The summed E-state index contributed by atoms with van der Waals surface area (Å²) in [5, 5.41) is 2.04. The van der Waals surface area contributed by atoms with Crippen LogP contribution in [-0.2, 0) is 15.9 Å². The predicted octanol–water partition coefficient (Wildman–Crippen LogP) is 3.95. The highest BCUT2D eigenvalue weighted by molar-refractivity contribution is 9.10. The van der Waals surface area contributed by atoms with Crippen molar-refractivity contribution in [2.75, 3.05) is 13.7 Å². The maximum absolute atomic E-state index is 12.1. The van der Waals surface area contributed by atoms with E-state index in [0.717, 1.165) is 16.5 Å². The molecule has 0 fully saturated rings. The van der Waals surface area contributed by atoms with Gasteiger partial charge in [-0.3, -0.25) is 4.90 Å². The minimum absolute atomic E-state index is 0.372. The minimum atomic E-state index is -0.505. The largest absolute Gasteiger partial charge is 0.444 e. The van der Waals surface area contributed by atoms with E-state index in [-0.39, 0.29) is 12.3 Å². The summed E-state index contributed by atoms with van der Waals surface area (Å²) in [6.45, 7) is 6.18. The predicted molar refractivity (Wildman–Crippen MR) is 78.4 cm³/mol. The highest BCUT2D eigenvalue weighted by Gasteiger charge is 2.32. The van der Waals surface area contributed by atoms with Gasteiger partial charge < -0.3 is 9.47 Å². The van der Waals surface area contributed by atoms with E-state index in [2.05, 4.69) is 15.9 Å². The van der Waals surface area contributed by atoms with E-state index in [1.165, 1.54) is 9.78 Å². The lowest BCUT2D eigenvalue weighted by molar-refractivity contribution is -0.0658. The smallest absolute Gasteiger partial charge is 0.412 e. The van der Waals surface area contributed by atoms with Crippen LogP contribution in [0.25, 0.3) is 0 Å². The molecular formula is C13H18BrNO3S. The summed E-state index contributed by atoms with van der Waals surface area (Å²) < 4.78 is 12.1. The van der Waals surface area contributed by atoms with Crippen LogP contribution in [0.3, 0.4) is 0 Å². The van der Waals surface area contributed by atoms with E-state index in [9.17, 15) is 4.79 Å². The summed E-state index contributed by atoms with van der Waals surface area (Å²) in [6, 6.07) is 0. The monoisotopic (exact) mass is 347 g/mol. The fourth-order valence-electron chi connectivity index (χ4n) is 1.91. The van der Waals surface area contributed by atoms with Crippen LogP contribution in [0.1, 0.15) is 37.4 Å². The van der Waals surface area contributed by atoms with Crippen LogP contribution in [-0.4, -0.2) is 30.2 Å². The van der Waals surface area contributed by atoms with Crippen LogP contribution in [0.2, 0.25) is 0 Å². The Labute approximate surface area is 125 Å². The number of thiophene rings is 1. The molecule has 19 heavy (non-hydrogen) atoms. The van der Waals surface area contributed by atoms with E-state index >= 15 is 0 Å². The number of amides is 1. The van der Waals surface area contributed by atoms with Crippen LogP contribution >= 0.6 is 27.3 Å². The molecule has 0 unspecified atom stereocenters. The number of fused-ring (bicyclic) bond motifs is 1. The van der Waals surface area contributed by atoms with Gasteiger partial charge in [0, 0.05) is 33.8 Å². The van der Waals surface area contributed by atoms with Crippen LogP contribution in [0, 0.1) is 0 Å². The zero-order valence-corrected chi connectivity index (χ0v) is 13.9. The molecule has 0 radical (unpaired) electrons. The number of rotatable bonds is 1. The number of hydrogen-bond acceptors (Lipinski definition) is 4. The van der Waals surface area contributed by atoms with Crippen molar-refractivity contribution in [3.63, 3.8) is 0 Å². The van der Waals surface area contributed by atoms with Gasteiger partial charge in [-0.1, -0.05) is 0 Å². The highest BCUT2D eigenvalue weighted by Crippen LogP contribution is 2.39. The summed E-state index contributed by atoms with van der Waals surface area (Å²) in [4.78, 5) is 14.9. The third kappa shape index (κ3) is 3.30. The average molecular weight is 348 g/mol. The lowest BCUT2D eigenvalue weighted by atomic mass is 10.1. The third-order valence-corrected chi connectivity index (χ3v) is 4.77. The van der Waals surface area contributed by atoms with E-state index in [0.29, 0.717) is 6.61 Å². The highest BCUT2D eigenvalue weighted by atomic mass is 79.9. The Morgan fingerprint density at radius 3 is 2.89 bits per heavy atom. The average Bonchev–Trinajstić information content (AvgIpc) is 2.68. The third-order valence-electron chi connectivity index (χ3n) is 2.75. The van der Waals surface area contributed by atoms with Crippen LogP contribution in [0.5, 0.6) is 0 Å². The van der Waals surface area contributed by atoms with Gasteiger partial charge in [0.05, 0.1) is 6.61 Å². The van der Waals surface area contributed by atoms with Crippen LogP contribution in [0.4, 0.5) is 4.79 Å². The molecule has 1 aromatic heterocycles. The minimum Gasteiger partial charge on any atom is -0.444 e. The Balaban J connectivity index is 2.19. The summed E-state index contributed by atoms with van der Waals surface area (Å²) in [5.41, 5.74) is 0.541. The van der Waals surface area contributed by atoms with Crippen molar-refractivity contribution in [2.24, 2.45) is 0 Å². The quantitative estimate of drug-likeness (QED) is 0.771. The van der Waals surface area contributed by atoms with Crippen molar-refractivity contribution in [3.05, 3.63) is 20.3 Å². The second kappa shape index (κ2) is 5.42. The van der Waals surface area contributed by atoms with Gasteiger partial charge in [0.25, 0.3) is 0 Å². The molecular weight excluding hydrogens is 330 g/mol. The molecule has 0 N–H and O–H groups in total. The molecule has 0 bridgehead atoms. The Hall–Kier alpha value is -0.590. The van der Waals surface area contributed by atoms with E-state index in [1.54, 1.807) is 18.4 Å². The molecule has 1 aliphatic rings. The molecule has 0 saturated carbocycles. The van der Waals surface area contributed by atoms with Gasteiger partial charge in [-0.25, -0.2) is 4.79 Å². The number of hydrogen-bond donors (Lipinski definition) is 0. The first-order valence-electron chi connectivity index (χ1n) is 6.13. The SMILES string of the molecule is CN(C(=O)OC(C)(C)C)[C@@H]1OCCc2scc(Br)c21. The van der Waals surface area contributed by atoms with Crippen LogP contribution < -0.4 is 0 Å². The second-order valence-electron chi connectivity index (χ2n) is 5.48. The van der Waals surface area contributed by atoms with Gasteiger partial charge in [-0.2, -0.15) is 0 Å². The van der Waals surface area contributed by atoms with Gasteiger partial charge in [0.1, 0.15) is 5.60 Å². The number of halogens is 1. The van der Waals surface area contributed by atoms with Gasteiger partial charge in [-0.05, 0) is 36.7 Å². The van der Waals surface area contributed by atoms with E-state index in [1.807, 2.05) is 26.2 Å². The summed E-state index contributed by atoms with van der Waals surface area (Å²) >= 11 is 5.22. The first-order valence-corrected chi connectivity index (χ1v) is 7.80. The van der Waals surface area contributed by atoms with Crippen molar-refractivity contribution >= 4 is 33.4 Å². The molecule has 1 aliphatic heterocycles. The summed E-state index contributed by atoms with van der Waals surface area (Å²) in [7, 11) is 1.71. The normalized spacial score (nSPS) is 18.9. The van der Waals surface area contributed by atoms with Crippen molar-refractivity contribution in [1.82, 2.24) is 4.90 Å². The number of carbonyl (C=O) groups excluding carboxylic acids is 1. The topological polar surface area (TPSA) is 38.8 Å². The Morgan fingerprint density at radius 1 is 1.58 bits per heavy atom. The molecule has 2 rings (SSSR count).